The number of nitrogens with one attached hydrogen (secondary N) is 1. The van der Waals surface area contributed by atoms with Gasteiger partial charge in [0, 0.05) is 19.8 Å². The molecular weight excluding hydrogens is 266 g/mol. The number of nitriles is 2. The predicted molar refractivity (Wildman–Crippen MR) is 77.7 cm³/mol. The molecule has 21 heavy (non-hydrogen) atoms. The number of rotatable bonds is 3. The van der Waals surface area contributed by atoms with Crippen molar-refractivity contribution in [3.05, 3.63) is 35.2 Å². The smallest absolute Gasteiger partial charge is 0.249 e. The Morgan fingerprint density at radius 3 is 2.48 bits per heavy atom. The fourth-order valence-electron chi connectivity index (χ4n) is 1.70. The molecular formula is C14H13N7. The molecule has 0 atom stereocenters. The fraction of sp³-hybridized carbons (Fsp3) is 0.214. The van der Waals surface area contributed by atoms with Gasteiger partial charge in [-0.05, 0) is 30.7 Å². The van der Waals surface area contributed by atoms with Gasteiger partial charge in [0.2, 0.25) is 5.95 Å². The summed E-state index contributed by atoms with van der Waals surface area (Å²) in [4.78, 5) is 8.52. The summed E-state index contributed by atoms with van der Waals surface area (Å²) >= 11 is 0. The van der Waals surface area contributed by atoms with Gasteiger partial charge in [-0.2, -0.15) is 15.5 Å². The lowest BCUT2D eigenvalue weighted by Gasteiger charge is -2.13. The van der Waals surface area contributed by atoms with Crippen LogP contribution in [0.5, 0.6) is 0 Å². The number of aromatic nitrogens is 2. The quantitative estimate of drug-likeness (QED) is 0.872. The van der Waals surface area contributed by atoms with Crippen LogP contribution in [0.25, 0.3) is 0 Å². The Balaban J connectivity index is 2.28. The molecule has 104 valence electrons. The van der Waals surface area contributed by atoms with Crippen molar-refractivity contribution < 1.29 is 0 Å². The molecule has 2 rings (SSSR count). The molecule has 0 aliphatic rings. The van der Waals surface area contributed by atoms with Crippen molar-refractivity contribution in [3.8, 4) is 12.1 Å². The number of nitrogens with zero attached hydrogens (tertiary/aromatic N) is 6. The lowest BCUT2D eigenvalue weighted by molar-refractivity contribution is 1.10. The lowest BCUT2D eigenvalue weighted by atomic mass is 10.2. The summed E-state index contributed by atoms with van der Waals surface area (Å²) in [5.74, 6) is 0.138. The topological polar surface area (TPSA) is 104 Å². The first-order valence-electron chi connectivity index (χ1n) is 6.15. The third kappa shape index (κ3) is 3.04. The van der Waals surface area contributed by atoms with Gasteiger partial charge in [0.05, 0.1) is 5.69 Å². The van der Waals surface area contributed by atoms with Gasteiger partial charge in [0.1, 0.15) is 12.1 Å². The lowest BCUT2D eigenvalue weighted by Crippen LogP contribution is -2.08. The van der Waals surface area contributed by atoms with Gasteiger partial charge in [-0.25, -0.2) is 0 Å². The summed E-state index contributed by atoms with van der Waals surface area (Å²) in [6.07, 6.45) is 0. The molecule has 0 amide bonds. The van der Waals surface area contributed by atoms with Crippen molar-refractivity contribution in [2.45, 2.75) is 6.92 Å². The van der Waals surface area contributed by atoms with Crippen molar-refractivity contribution in [3.63, 3.8) is 0 Å². The Bertz CT molecular complexity index is 740. The van der Waals surface area contributed by atoms with Crippen LogP contribution in [0.4, 0.5) is 17.3 Å². The molecule has 1 heterocycles. The van der Waals surface area contributed by atoms with Crippen molar-refractivity contribution in [2.24, 2.45) is 10.2 Å². The van der Waals surface area contributed by atoms with E-state index in [1.165, 1.54) is 0 Å². The Hall–Kier alpha value is -3.19. The van der Waals surface area contributed by atoms with Crippen LogP contribution in [-0.2, 0) is 0 Å². The van der Waals surface area contributed by atoms with E-state index in [2.05, 4.69) is 20.2 Å². The molecule has 0 aliphatic heterocycles. The number of anilines is 1. The van der Waals surface area contributed by atoms with Gasteiger partial charge in [0.25, 0.3) is 0 Å². The number of imidazole rings is 1. The van der Waals surface area contributed by atoms with E-state index in [1.54, 1.807) is 0 Å². The van der Waals surface area contributed by atoms with Crippen LogP contribution in [-0.4, -0.2) is 24.1 Å². The average Bonchev–Trinajstić information content (AvgIpc) is 2.88. The Kier molecular flexibility index (Phi) is 3.96. The number of aromatic amines is 1. The van der Waals surface area contributed by atoms with E-state index >= 15 is 0 Å². The molecule has 1 N–H and O–H groups in total. The zero-order valence-electron chi connectivity index (χ0n) is 11.9. The minimum atomic E-state index is 0.0196. The van der Waals surface area contributed by atoms with E-state index in [4.69, 9.17) is 10.5 Å². The summed E-state index contributed by atoms with van der Waals surface area (Å²) in [5, 5.41) is 25.7. The van der Waals surface area contributed by atoms with Gasteiger partial charge >= 0.3 is 0 Å². The highest BCUT2D eigenvalue weighted by Crippen LogP contribution is 2.25. The van der Waals surface area contributed by atoms with E-state index in [9.17, 15) is 0 Å². The van der Waals surface area contributed by atoms with Crippen LogP contribution >= 0.6 is 0 Å². The maximum Gasteiger partial charge on any atom is 0.249 e. The molecule has 1 aromatic carbocycles. The van der Waals surface area contributed by atoms with Crippen LogP contribution in [0, 0.1) is 29.6 Å². The van der Waals surface area contributed by atoms with Crippen LogP contribution in [0.2, 0.25) is 0 Å². The molecule has 0 saturated heterocycles. The first-order chi connectivity index (χ1) is 10.0. The van der Waals surface area contributed by atoms with Crippen molar-refractivity contribution in [2.75, 3.05) is 19.0 Å². The zero-order valence-corrected chi connectivity index (χ0v) is 11.9. The van der Waals surface area contributed by atoms with Gasteiger partial charge in [0.15, 0.2) is 11.4 Å². The minimum Gasteiger partial charge on any atom is -0.378 e. The normalized spacial score (nSPS) is 10.3. The second-order valence-electron chi connectivity index (χ2n) is 4.57. The van der Waals surface area contributed by atoms with Gasteiger partial charge in [-0.3, -0.25) is 0 Å². The second kappa shape index (κ2) is 5.85. The molecule has 0 fully saturated rings. The summed E-state index contributed by atoms with van der Waals surface area (Å²) in [6, 6.07) is 9.46. The van der Waals surface area contributed by atoms with Crippen LogP contribution < -0.4 is 4.90 Å². The Labute approximate surface area is 122 Å². The van der Waals surface area contributed by atoms with E-state index in [0.717, 1.165) is 11.3 Å². The molecule has 0 saturated carbocycles. The average molecular weight is 279 g/mol. The molecule has 0 bridgehead atoms. The molecule has 0 radical (unpaired) electrons. The largest absolute Gasteiger partial charge is 0.378 e. The summed E-state index contributed by atoms with van der Waals surface area (Å²) in [5.41, 5.74) is 2.85. The molecule has 0 spiro atoms. The van der Waals surface area contributed by atoms with Crippen LogP contribution in [0.15, 0.2) is 28.4 Å². The highest BCUT2D eigenvalue weighted by atomic mass is 15.2. The molecule has 7 heteroatoms. The summed E-state index contributed by atoms with van der Waals surface area (Å²) < 4.78 is 0. The number of benzene rings is 1. The number of hydrogen-bond donors (Lipinski definition) is 1. The van der Waals surface area contributed by atoms with Gasteiger partial charge in [-0.15, -0.1) is 10.2 Å². The highest BCUT2D eigenvalue weighted by Gasteiger charge is 2.08. The first kappa shape index (κ1) is 14.2. The van der Waals surface area contributed by atoms with E-state index in [-0.39, 0.29) is 17.3 Å². The molecule has 0 unspecified atom stereocenters. The molecule has 7 nitrogen and oxygen atoms in total. The maximum absolute atomic E-state index is 8.83. The SMILES string of the molecule is Cc1cc(N(C)C)ccc1N=Nc1nc(C#N)c(C#N)[nH]1. The maximum atomic E-state index is 8.83. The number of azo groups is 1. The third-order valence-corrected chi connectivity index (χ3v) is 2.86. The van der Waals surface area contributed by atoms with E-state index in [0.29, 0.717) is 5.69 Å². The van der Waals surface area contributed by atoms with E-state index in [1.807, 2.05) is 56.3 Å². The highest BCUT2D eigenvalue weighted by molar-refractivity contribution is 5.57. The van der Waals surface area contributed by atoms with Crippen molar-refractivity contribution >= 4 is 17.3 Å². The van der Waals surface area contributed by atoms with Gasteiger partial charge < -0.3 is 9.88 Å². The minimum absolute atomic E-state index is 0.0196. The molecule has 1 aromatic heterocycles. The van der Waals surface area contributed by atoms with Crippen molar-refractivity contribution in [1.82, 2.24) is 9.97 Å². The predicted octanol–water partition coefficient (Wildman–Crippen LogP) is 2.94. The number of aryl methyl sites for hydroxylation is 1. The van der Waals surface area contributed by atoms with E-state index < -0.39 is 0 Å². The number of hydrogen-bond acceptors (Lipinski definition) is 6. The zero-order chi connectivity index (χ0) is 15.4. The monoisotopic (exact) mass is 279 g/mol. The fourth-order valence-corrected chi connectivity index (χ4v) is 1.70. The Morgan fingerprint density at radius 1 is 1.19 bits per heavy atom. The third-order valence-electron chi connectivity index (χ3n) is 2.86. The second-order valence-corrected chi connectivity index (χ2v) is 4.57. The standard InChI is InChI=1S/C14H13N7/c1-9-6-10(21(2)3)4-5-11(9)19-20-14-17-12(7-15)13(8-16)18-14/h4-6H,1-3H3,(H,17,18). The number of H-pyrrole nitrogens is 1. The molecule has 2 aromatic rings. The summed E-state index contributed by atoms with van der Waals surface area (Å²) in [7, 11) is 3.93. The Morgan fingerprint density at radius 2 is 1.95 bits per heavy atom. The van der Waals surface area contributed by atoms with Crippen LogP contribution in [0.1, 0.15) is 17.0 Å². The van der Waals surface area contributed by atoms with Crippen molar-refractivity contribution in [1.29, 1.82) is 10.5 Å². The van der Waals surface area contributed by atoms with Gasteiger partial charge in [-0.1, -0.05) is 0 Å². The summed E-state index contributed by atoms with van der Waals surface area (Å²) in [6.45, 7) is 1.94. The molecule has 0 aliphatic carbocycles. The first-order valence-corrected chi connectivity index (χ1v) is 6.15. The van der Waals surface area contributed by atoms with Crippen LogP contribution in [0.3, 0.4) is 0 Å².